The zero-order valence-electron chi connectivity index (χ0n) is 10.6. The first-order valence-corrected chi connectivity index (χ1v) is 7.45. The van der Waals surface area contributed by atoms with E-state index in [1.807, 2.05) is 0 Å². The van der Waals surface area contributed by atoms with Gasteiger partial charge in [0.1, 0.15) is 11.6 Å². The first kappa shape index (κ1) is 15.1. The van der Waals surface area contributed by atoms with E-state index in [-0.39, 0.29) is 16.0 Å². The average Bonchev–Trinajstić information content (AvgIpc) is 2.43. The molecule has 2 rings (SSSR count). The van der Waals surface area contributed by atoms with Crippen LogP contribution < -0.4 is 0 Å². The van der Waals surface area contributed by atoms with Crippen molar-refractivity contribution in [2.75, 3.05) is 0 Å². The maximum Gasteiger partial charge on any atom is 0.335 e. The van der Waals surface area contributed by atoms with Gasteiger partial charge >= 0.3 is 5.97 Å². The van der Waals surface area contributed by atoms with E-state index in [4.69, 9.17) is 5.11 Å². The Morgan fingerprint density at radius 2 is 1.81 bits per heavy atom. The minimum absolute atomic E-state index is 0.198. The lowest BCUT2D eigenvalue weighted by Crippen LogP contribution is -2.08. The molecule has 7 heteroatoms. The van der Waals surface area contributed by atoms with Crippen molar-refractivity contribution in [1.29, 1.82) is 0 Å². The van der Waals surface area contributed by atoms with Gasteiger partial charge in [-0.2, -0.15) is 0 Å². The van der Waals surface area contributed by atoms with Gasteiger partial charge in [-0.1, -0.05) is 6.07 Å². The van der Waals surface area contributed by atoms with Gasteiger partial charge < -0.3 is 5.11 Å². The van der Waals surface area contributed by atoms with Crippen LogP contribution in [-0.2, 0) is 15.6 Å². The normalized spacial score (nSPS) is 11.3. The summed E-state index contributed by atoms with van der Waals surface area (Å²) in [6.45, 7) is 0. The second-order valence-electron chi connectivity index (χ2n) is 4.33. The molecular weight excluding hydrogens is 302 g/mol. The number of hydrogen-bond donors (Lipinski definition) is 1. The lowest BCUT2D eigenvalue weighted by molar-refractivity contribution is 0.0696. The highest BCUT2D eigenvalue weighted by atomic mass is 32.2. The monoisotopic (exact) mass is 312 g/mol. The molecule has 0 atom stereocenters. The Kier molecular flexibility index (Phi) is 4.04. The van der Waals surface area contributed by atoms with Gasteiger partial charge in [0.15, 0.2) is 9.84 Å². The van der Waals surface area contributed by atoms with Gasteiger partial charge in [0.05, 0.1) is 16.2 Å². The van der Waals surface area contributed by atoms with Gasteiger partial charge in [-0.3, -0.25) is 0 Å². The molecular formula is C14H10F2O4S. The van der Waals surface area contributed by atoms with Crippen molar-refractivity contribution in [1.82, 2.24) is 0 Å². The molecule has 0 saturated heterocycles. The first-order valence-electron chi connectivity index (χ1n) is 5.79. The van der Waals surface area contributed by atoms with Crippen molar-refractivity contribution in [3.8, 4) is 0 Å². The zero-order valence-corrected chi connectivity index (χ0v) is 11.4. The van der Waals surface area contributed by atoms with Crippen LogP contribution in [0.15, 0.2) is 47.4 Å². The smallest absolute Gasteiger partial charge is 0.335 e. The molecule has 0 heterocycles. The van der Waals surface area contributed by atoms with Crippen LogP contribution >= 0.6 is 0 Å². The first-order chi connectivity index (χ1) is 9.79. The van der Waals surface area contributed by atoms with Crippen molar-refractivity contribution in [3.63, 3.8) is 0 Å². The van der Waals surface area contributed by atoms with E-state index in [0.29, 0.717) is 0 Å². The number of aromatic carboxylic acids is 1. The molecule has 0 spiro atoms. The number of benzene rings is 2. The summed E-state index contributed by atoms with van der Waals surface area (Å²) >= 11 is 0. The molecule has 2 aromatic carbocycles. The van der Waals surface area contributed by atoms with Gasteiger partial charge in [-0.15, -0.1) is 0 Å². The Morgan fingerprint density at radius 1 is 1.10 bits per heavy atom. The van der Waals surface area contributed by atoms with Crippen molar-refractivity contribution in [3.05, 3.63) is 65.2 Å². The van der Waals surface area contributed by atoms with Crippen LogP contribution in [0.25, 0.3) is 0 Å². The fourth-order valence-corrected chi connectivity index (χ4v) is 3.15. The predicted octanol–water partition coefficient (Wildman–Crippen LogP) is 2.64. The molecule has 0 amide bonds. The lowest BCUT2D eigenvalue weighted by atomic mass is 10.2. The van der Waals surface area contributed by atoms with Crippen LogP contribution in [-0.4, -0.2) is 19.5 Å². The van der Waals surface area contributed by atoms with Crippen LogP contribution in [0.2, 0.25) is 0 Å². The van der Waals surface area contributed by atoms with Crippen LogP contribution in [0.3, 0.4) is 0 Å². The molecule has 0 radical (unpaired) electrons. The van der Waals surface area contributed by atoms with Gasteiger partial charge in [0, 0.05) is 5.56 Å². The summed E-state index contributed by atoms with van der Waals surface area (Å²) in [5.74, 6) is -3.61. The number of carbonyl (C=O) groups is 1. The lowest BCUT2D eigenvalue weighted by Gasteiger charge is -2.07. The molecule has 0 unspecified atom stereocenters. The summed E-state index contributed by atoms with van der Waals surface area (Å²) in [4.78, 5) is 10.6. The Morgan fingerprint density at radius 3 is 2.48 bits per heavy atom. The third kappa shape index (κ3) is 3.43. The molecule has 4 nitrogen and oxygen atoms in total. The highest BCUT2D eigenvalue weighted by Crippen LogP contribution is 2.20. The number of sulfone groups is 1. The van der Waals surface area contributed by atoms with Crippen molar-refractivity contribution in [2.24, 2.45) is 0 Å². The summed E-state index contributed by atoms with van der Waals surface area (Å²) in [7, 11) is -3.98. The molecule has 0 fully saturated rings. The van der Waals surface area contributed by atoms with E-state index in [0.717, 1.165) is 24.3 Å². The Balaban J connectivity index is 2.41. The Bertz CT molecular complexity index is 800. The second-order valence-corrected chi connectivity index (χ2v) is 6.32. The predicted molar refractivity (Wildman–Crippen MR) is 70.6 cm³/mol. The molecule has 0 aliphatic rings. The minimum atomic E-state index is -3.98. The zero-order chi connectivity index (χ0) is 15.6. The number of carboxylic acid groups (broad SMARTS) is 1. The van der Waals surface area contributed by atoms with Crippen LogP contribution in [0.5, 0.6) is 0 Å². The van der Waals surface area contributed by atoms with Crippen LogP contribution in [0.4, 0.5) is 8.78 Å². The van der Waals surface area contributed by atoms with Crippen LogP contribution in [0.1, 0.15) is 15.9 Å². The molecule has 0 bridgehead atoms. The highest BCUT2D eigenvalue weighted by molar-refractivity contribution is 7.90. The highest BCUT2D eigenvalue weighted by Gasteiger charge is 2.19. The van der Waals surface area contributed by atoms with E-state index in [9.17, 15) is 22.0 Å². The van der Waals surface area contributed by atoms with Crippen molar-refractivity contribution >= 4 is 15.8 Å². The maximum absolute atomic E-state index is 13.5. The fraction of sp³-hybridized carbons (Fsp3) is 0.0714. The Labute approximate surface area is 119 Å². The molecule has 0 saturated carbocycles. The van der Waals surface area contributed by atoms with Gasteiger partial charge in [0.2, 0.25) is 0 Å². The summed E-state index contributed by atoms with van der Waals surface area (Å²) in [6, 6.07) is 7.23. The molecule has 0 aliphatic heterocycles. The largest absolute Gasteiger partial charge is 0.478 e. The second kappa shape index (κ2) is 5.61. The van der Waals surface area contributed by atoms with E-state index in [2.05, 4.69) is 0 Å². The van der Waals surface area contributed by atoms with Crippen LogP contribution in [0, 0.1) is 11.6 Å². The Hall–Kier alpha value is -2.28. The van der Waals surface area contributed by atoms with Gasteiger partial charge in [-0.05, 0) is 36.4 Å². The molecule has 21 heavy (non-hydrogen) atoms. The third-order valence-electron chi connectivity index (χ3n) is 2.79. The molecule has 0 aliphatic carbocycles. The van der Waals surface area contributed by atoms with Gasteiger partial charge in [-0.25, -0.2) is 22.0 Å². The summed E-state index contributed by atoms with van der Waals surface area (Å²) in [6.07, 6.45) is 0. The summed E-state index contributed by atoms with van der Waals surface area (Å²) in [5, 5.41) is 8.84. The topological polar surface area (TPSA) is 71.4 Å². The minimum Gasteiger partial charge on any atom is -0.478 e. The summed E-state index contributed by atoms with van der Waals surface area (Å²) in [5.41, 5.74) is -0.508. The molecule has 110 valence electrons. The number of rotatable bonds is 4. The van der Waals surface area contributed by atoms with Crippen molar-refractivity contribution < 1.29 is 27.1 Å². The van der Waals surface area contributed by atoms with Gasteiger partial charge in [0.25, 0.3) is 0 Å². The SMILES string of the molecule is O=C(O)c1cccc(S(=O)(=O)Cc2cc(F)ccc2F)c1. The average molecular weight is 312 g/mol. The molecule has 2 aromatic rings. The van der Waals surface area contributed by atoms with E-state index >= 15 is 0 Å². The number of hydrogen-bond acceptors (Lipinski definition) is 3. The van der Waals surface area contributed by atoms with E-state index < -0.39 is 33.2 Å². The number of halogens is 2. The van der Waals surface area contributed by atoms with E-state index in [1.165, 1.54) is 18.2 Å². The van der Waals surface area contributed by atoms with E-state index in [1.54, 1.807) is 0 Å². The van der Waals surface area contributed by atoms with Crippen molar-refractivity contribution in [2.45, 2.75) is 10.6 Å². The maximum atomic E-state index is 13.5. The fourth-order valence-electron chi connectivity index (χ4n) is 1.76. The standard InChI is InChI=1S/C14H10F2O4S/c15-11-4-5-13(16)10(6-11)8-21(19,20)12-3-1-2-9(7-12)14(17)18/h1-7H,8H2,(H,17,18). The third-order valence-corrected chi connectivity index (χ3v) is 4.46. The molecule has 0 aromatic heterocycles. The quantitative estimate of drug-likeness (QED) is 0.942. The number of carboxylic acids is 1. The summed E-state index contributed by atoms with van der Waals surface area (Å²) < 4.78 is 50.9. The molecule has 1 N–H and O–H groups in total.